The summed E-state index contributed by atoms with van der Waals surface area (Å²) >= 11 is 0. The smallest absolute Gasteiger partial charge is 0.239 e. The molecule has 0 saturated heterocycles. The van der Waals surface area contributed by atoms with Gasteiger partial charge in [0.2, 0.25) is 5.91 Å². The molecule has 1 aliphatic rings. The van der Waals surface area contributed by atoms with Crippen LogP contribution in [0.4, 0.5) is 11.4 Å². The molecule has 0 N–H and O–H groups in total. The first kappa shape index (κ1) is 14.7. The van der Waals surface area contributed by atoms with E-state index in [0.29, 0.717) is 0 Å². The minimum atomic E-state index is -0.123. The number of aryl methyl sites for hydroxylation is 1. The van der Waals surface area contributed by atoms with Crippen LogP contribution in [-0.2, 0) is 11.2 Å². The van der Waals surface area contributed by atoms with Crippen LogP contribution >= 0.6 is 0 Å². The van der Waals surface area contributed by atoms with E-state index in [0.717, 1.165) is 23.4 Å². The van der Waals surface area contributed by atoms with Crippen molar-refractivity contribution >= 4 is 17.3 Å². The second-order valence-corrected chi connectivity index (χ2v) is 6.25. The molecule has 1 aliphatic heterocycles. The molecule has 0 bridgehead atoms. The largest absolute Gasteiger partial charge is 0.280 e. The summed E-state index contributed by atoms with van der Waals surface area (Å²) in [5, 5.41) is 0. The van der Waals surface area contributed by atoms with Crippen molar-refractivity contribution in [2.75, 3.05) is 4.90 Å². The van der Waals surface area contributed by atoms with Crippen LogP contribution in [0, 0.1) is 6.92 Å². The third kappa shape index (κ3) is 2.41. The summed E-state index contributed by atoms with van der Waals surface area (Å²) in [6, 6.07) is 26.4. The Hall–Kier alpha value is -2.87. The van der Waals surface area contributed by atoms with Gasteiger partial charge in [0.15, 0.2) is 0 Å². The molecule has 0 radical (unpaired) electrons. The highest BCUT2D eigenvalue weighted by Crippen LogP contribution is 2.43. The van der Waals surface area contributed by atoms with Crippen LogP contribution in [0.2, 0.25) is 0 Å². The molecule has 1 atom stereocenters. The standard InChI is InChI=1S/C22H19NO/c1-16-9-5-6-10-17(16)15-20-19-13-7-8-14-21(19)23(22(20)24)18-11-3-2-4-12-18/h2-14,20H,15H2,1H3/t20-/m1/s1. The number of benzene rings is 3. The van der Waals surface area contributed by atoms with Crippen molar-refractivity contribution in [2.45, 2.75) is 19.3 Å². The molecule has 0 fully saturated rings. The summed E-state index contributed by atoms with van der Waals surface area (Å²) in [5.41, 5.74) is 5.53. The molecule has 118 valence electrons. The molecular formula is C22H19NO. The Morgan fingerprint density at radius 1 is 0.833 bits per heavy atom. The van der Waals surface area contributed by atoms with Gasteiger partial charge in [-0.1, -0.05) is 60.7 Å². The number of amides is 1. The molecule has 1 amide bonds. The van der Waals surface area contributed by atoms with Gasteiger partial charge < -0.3 is 0 Å². The van der Waals surface area contributed by atoms with Crippen LogP contribution in [0.15, 0.2) is 78.9 Å². The zero-order valence-electron chi connectivity index (χ0n) is 13.6. The molecule has 2 heteroatoms. The van der Waals surface area contributed by atoms with E-state index in [-0.39, 0.29) is 11.8 Å². The molecule has 1 heterocycles. The van der Waals surface area contributed by atoms with E-state index in [2.05, 4.69) is 25.1 Å². The van der Waals surface area contributed by atoms with Crippen molar-refractivity contribution in [3.8, 4) is 0 Å². The summed E-state index contributed by atoms with van der Waals surface area (Å²) in [7, 11) is 0. The third-order valence-corrected chi connectivity index (χ3v) is 4.77. The van der Waals surface area contributed by atoms with Crippen molar-refractivity contribution in [1.29, 1.82) is 0 Å². The maximum Gasteiger partial charge on any atom is 0.239 e. The predicted octanol–water partition coefficient (Wildman–Crippen LogP) is 5.00. The van der Waals surface area contributed by atoms with Crippen molar-refractivity contribution in [3.63, 3.8) is 0 Å². The lowest BCUT2D eigenvalue weighted by Crippen LogP contribution is -2.24. The number of hydrogen-bond acceptors (Lipinski definition) is 1. The number of nitrogens with zero attached hydrogens (tertiary/aromatic N) is 1. The van der Waals surface area contributed by atoms with E-state index in [1.807, 2.05) is 65.6 Å². The van der Waals surface area contributed by atoms with Crippen LogP contribution in [0.5, 0.6) is 0 Å². The van der Waals surface area contributed by atoms with Crippen LogP contribution in [0.25, 0.3) is 0 Å². The van der Waals surface area contributed by atoms with Gasteiger partial charge in [0.25, 0.3) is 0 Å². The number of carbonyl (C=O) groups is 1. The first-order valence-corrected chi connectivity index (χ1v) is 8.28. The van der Waals surface area contributed by atoms with Crippen LogP contribution in [-0.4, -0.2) is 5.91 Å². The normalized spacial score (nSPS) is 16.3. The molecule has 0 unspecified atom stereocenters. The van der Waals surface area contributed by atoms with Crippen LogP contribution < -0.4 is 4.90 Å². The summed E-state index contributed by atoms with van der Waals surface area (Å²) in [4.78, 5) is 15.1. The molecule has 4 rings (SSSR count). The van der Waals surface area contributed by atoms with Crippen molar-refractivity contribution in [2.24, 2.45) is 0 Å². The Balaban J connectivity index is 1.77. The molecule has 3 aromatic carbocycles. The van der Waals surface area contributed by atoms with Gasteiger partial charge in [-0.2, -0.15) is 0 Å². The molecule has 0 aromatic heterocycles. The Labute approximate surface area is 142 Å². The van der Waals surface area contributed by atoms with Gasteiger partial charge in [-0.15, -0.1) is 0 Å². The highest BCUT2D eigenvalue weighted by Gasteiger charge is 2.37. The summed E-state index contributed by atoms with van der Waals surface area (Å²) in [6.45, 7) is 2.11. The van der Waals surface area contributed by atoms with E-state index < -0.39 is 0 Å². The molecular weight excluding hydrogens is 294 g/mol. The first-order valence-electron chi connectivity index (χ1n) is 8.28. The monoisotopic (exact) mass is 313 g/mol. The van der Waals surface area contributed by atoms with E-state index in [4.69, 9.17) is 0 Å². The molecule has 2 nitrogen and oxygen atoms in total. The Morgan fingerprint density at radius 3 is 2.29 bits per heavy atom. The van der Waals surface area contributed by atoms with Crippen molar-refractivity contribution in [3.05, 3.63) is 95.6 Å². The second kappa shape index (κ2) is 5.97. The highest BCUT2D eigenvalue weighted by molar-refractivity contribution is 6.10. The zero-order valence-corrected chi connectivity index (χ0v) is 13.6. The van der Waals surface area contributed by atoms with E-state index in [9.17, 15) is 4.79 Å². The maximum absolute atomic E-state index is 13.2. The van der Waals surface area contributed by atoms with Gasteiger partial charge in [0.1, 0.15) is 0 Å². The fourth-order valence-corrected chi connectivity index (χ4v) is 3.49. The minimum absolute atomic E-state index is 0.123. The number of rotatable bonds is 3. The Kier molecular flexibility index (Phi) is 3.66. The van der Waals surface area contributed by atoms with Gasteiger partial charge in [-0.25, -0.2) is 0 Å². The van der Waals surface area contributed by atoms with Gasteiger partial charge in [-0.3, -0.25) is 9.69 Å². The van der Waals surface area contributed by atoms with Gasteiger partial charge >= 0.3 is 0 Å². The lowest BCUT2D eigenvalue weighted by atomic mass is 9.91. The lowest BCUT2D eigenvalue weighted by molar-refractivity contribution is -0.118. The van der Waals surface area contributed by atoms with Crippen molar-refractivity contribution in [1.82, 2.24) is 0 Å². The van der Waals surface area contributed by atoms with E-state index >= 15 is 0 Å². The fraction of sp³-hybridized carbons (Fsp3) is 0.136. The number of fused-ring (bicyclic) bond motifs is 1. The van der Waals surface area contributed by atoms with E-state index in [1.54, 1.807) is 0 Å². The van der Waals surface area contributed by atoms with Gasteiger partial charge in [-0.05, 0) is 48.2 Å². The number of carbonyl (C=O) groups excluding carboxylic acids is 1. The Morgan fingerprint density at radius 2 is 1.50 bits per heavy atom. The highest BCUT2D eigenvalue weighted by atomic mass is 16.2. The number of anilines is 2. The summed E-state index contributed by atoms with van der Waals surface area (Å²) in [6.07, 6.45) is 0.742. The Bertz CT molecular complexity index is 885. The predicted molar refractivity (Wildman–Crippen MR) is 97.7 cm³/mol. The molecule has 0 aliphatic carbocycles. The second-order valence-electron chi connectivity index (χ2n) is 6.25. The quantitative estimate of drug-likeness (QED) is 0.666. The van der Waals surface area contributed by atoms with E-state index in [1.165, 1.54) is 11.1 Å². The SMILES string of the molecule is Cc1ccccc1C[C@H]1C(=O)N(c2ccccc2)c2ccccc21. The number of para-hydroxylation sites is 2. The molecule has 0 saturated carbocycles. The van der Waals surface area contributed by atoms with Crippen LogP contribution in [0.3, 0.4) is 0 Å². The average Bonchev–Trinajstić information content (AvgIpc) is 2.90. The van der Waals surface area contributed by atoms with Crippen molar-refractivity contribution < 1.29 is 4.79 Å². The van der Waals surface area contributed by atoms with Crippen LogP contribution in [0.1, 0.15) is 22.6 Å². The molecule has 24 heavy (non-hydrogen) atoms. The number of hydrogen-bond donors (Lipinski definition) is 0. The molecule has 0 spiro atoms. The fourth-order valence-electron chi connectivity index (χ4n) is 3.49. The topological polar surface area (TPSA) is 20.3 Å². The average molecular weight is 313 g/mol. The zero-order chi connectivity index (χ0) is 16.5. The lowest BCUT2D eigenvalue weighted by Gasteiger charge is -2.18. The molecule has 3 aromatic rings. The summed E-state index contributed by atoms with van der Waals surface area (Å²) < 4.78 is 0. The maximum atomic E-state index is 13.2. The third-order valence-electron chi connectivity index (χ3n) is 4.77. The minimum Gasteiger partial charge on any atom is -0.280 e. The van der Waals surface area contributed by atoms with Gasteiger partial charge in [0, 0.05) is 5.69 Å². The van der Waals surface area contributed by atoms with Gasteiger partial charge in [0.05, 0.1) is 11.6 Å². The first-order chi connectivity index (χ1) is 11.8. The summed E-state index contributed by atoms with van der Waals surface area (Å²) in [5.74, 6) is 0.0353.